The summed E-state index contributed by atoms with van der Waals surface area (Å²) in [5.74, 6) is 1.82. The highest BCUT2D eigenvalue weighted by atomic mass is 16.5. The lowest BCUT2D eigenvalue weighted by Gasteiger charge is -2.02. The van der Waals surface area contributed by atoms with Crippen molar-refractivity contribution in [2.75, 3.05) is 6.54 Å². The fraction of sp³-hybridized carbons (Fsp3) is 0.769. The summed E-state index contributed by atoms with van der Waals surface area (Å²) in [6.07, 6.45) is 4.17. The number of carbonyl (C=O) groups excluding carboxylic acids is 1. The highest BCUT2D eigenvalue weighted by Crippen LogP contribution is 2.10. The maximum Gasteiger partial charge on any atom is 0.226 e. The Balaban J connectivity index is 2.15. The summed E-state index contributed by atoms with van der Waals surface area (Å²) in [5, 5.41) is 6.79. The van der Waals surface area contributed by atoms with Gasteiger partial charge in [-0.1, -0.05) is 32.3 Å². The van der Waals surface area contributed by atoms with Crippen LogP contribution in [0.15, 0.2) is 4.52 Å². The molecule has 0 spiro atoms. The summed E-state index contributed by atoms with van der Waals surface area (Å²) in [6, 6.07) is 0. The highest BCUT2D eigenvalue weighted by molar-refractivity contribution is 5.75. The zero-order valence-electron chi connectivity index (χ0n) is 11.5. The van der Waals surface area contributed by atoms with Crippen LogP contribution in [0.3, 0.4) is 0 Å². The molecule has 0 aromatic carbocycles. The summed E-state index contributed by atoms with van der Waals surface area (Å²) in [6.45, 7) is 6.81. The Morgan fingerprint density at radius 1 is 1.39 bits per heavy atom. The Morgan fingerprint density at radius 3 is 2.78 bits per heavy atom. The molecule has 0 aliphatic heterocycles. The topological polar surface area (TPSA) is 68.0 Å². The largest absolute Gasteiger partial charge is 0.356 e. The number of rotatable bonds is 8. The van der Waals surface area contributed by atoms with Crippen molar-refractivity contribution in [2.24, 2.45) is 0 Å². The second-order valence-corrected chi connectivity index (χ2v) is 4.76. The van der Waals surface area contributed by atoms with E-state index >= 15 is 0 Å². The van der Waals surface area contributed by atoms with E-state index in [1.54, 1.807) is 0 Å². The number of unbranched alkanes of at least 4 members (excludes halogenated alkanes) is 1. The molecule has 1 amide bonds. The normalized spacial score (nSPS) is 10.9. The second kappa shape index (κ2) is 7.84. The predicted octanol–water partition coefficient (Wildman–Crippen LogP) is 2.43. The molecule has 0 saturated carbocycles. The molecule has 5 nitrogen and oxygen atoms in total. The van der Waals surface area contributed by atoms with Gasteiger partial charge >= 0.3 is 0 Å². The zero-order chi connectivity index (χ0) is 13.4. The number of hydrogen-bond donors (Lipinski definition) is 1. The van der Waals surface area contributed by atoms with Gasteiger partial charge in [-0.2, -0.15) is 4.98 Å². The monoisotopic (exact) mass is 253 g/mol. The minimum absolute atomic E-state index is 0.130. The Kier molecular flexibility index (Phi) is 6.39. The minimum atomic E-state index is 0.130. The lowest BCUT2D eigenvalue weighted by atomic mass is 10.2. The molecule has 1 N–H and O–H groups in total. The van der Waals surface area contributed by atoms with Crippen molar-refractivity contribution in [3.05, 3.63) is 11.7 Å². The van der Waals surface area contributed by atoms with Gasteiger partial charge in [0.05, 0.1) is 0 Å². The first kappa shape index (κ1) is 14.7. The first-order valence-electron chi connectivity index (χ1n) is 6.72. The van der Waals surface area contributed by atoms with Crippen LogP contribution in [-0.2, 0) is 11.2 Å². The summed E-state index contributed by atoms with van der Waals surface area (Å²) < 4.78 is 5.12. The number of aromatic nitrogens is 2. The van der Waals surface area contributed by atoms with Crippen molar-refractivity contribution in [1.82, 2.24) is 15.5 Å². The van der Waals surface area contributed by atoms with Crippen molar-refractivity contribution < 1.29 is 9.32 Å². The molecule has 0 atom stereocenters. The second-order valence-electron chi connectivity index (χ2n) is 4.76. The standard InChI is InChI=1S/C13H23N3O2/c1-4-5-7-11(17)14-9-6-8-12-15-13(10(2)3)16-18-12/h10H,4-9H2,1-3H3,(H,14,17). The van der Waals surface area contributed by atoms with Gasteiger partial charge < -0.3 is 9.84 Å². The van der Waals surface area contributed by atoms with Crippen LogP contribution in [0.5, 0.6) is 0 Å². The van der Waals surface area contributed by atoms with Crippen molar-refractivity contribution in [1.29, 1.82) is 0 Å². The van der Waals surface area contributed by atoms with Crippen LogP contribution in [0, 0.1) is 0 Å². The number of carbonyl (C=O) groups is 1. The smallest absolute Gasteiger partial charge is 0.226 e. The van der Waals surface area contributed by atoms with Crippen molar-refractivity contribution in [2.45, 2.75) is 58.8 Å². The molecule has 1 rings (SSSR count). The van der Waals surface area contributed by atoms with E-state index in [1.807, 2.05) is 13.8 Å². The Morgan fingerprint density at radius 2 is 2.17 bits per heavy atom. The Labute approximate surface area is 108 Å². The lowest BCUT2D eigenvalue weighted by molar-refractivity contribution is -0.121. The van der Waals surface area contributed by atoms with Crippen LogP contribution in [0.2, 0.25) is 0 Å². The van der Waals surface area contributed by atoms with Gasteiger partial charge in [-0.3, -0.25) is 4.79 Å². The molecule has 18 heavy (non-hydrogen) atoms. The van der Waals surface area contributed by atoms with E-state index in [0.29, 0.717) is 25.3 Å². The Bertz CT molecular complexity index is 361. The van der Waals surface area contributed by atoms with E-state index in [9.17, 15) is 4.79 Å². The van der Waals surface area contributed by atoms with Gasteiger partial charge in [0.25, 0.3) is 0 Å². The van der Waals surface area contributed by atoms with Crippen molar-refractivity contribution in [3.63, 3.8) is 0 Å². The summed E-state index contributed by atoms with van der Waals surface area (Å²) in [5.41, 5.74) is 0. The molecule has 0 aliphatic rings. The molecule has 1 heterocycles. The number of hydrogen-bond acceptors (Lipinski definition) is 4. The SMILES string of the molecule is CCCCC(=O)NCCCc1nc(C(C)C)no1. The van der Waals surface area contributed by atoms with Gasteiger partial charge in [0, 0.05) is 25.3 Å². The lowest BCUT2D eigenvalue weighted by Crippen LogP contribution is -2.24. The first-order chi connectivity index (χ1) is 8.63. The zero-order valence-corrected chi connectivity index (χ0v) is 11.5. The van der Waals surface area contributed by atoms with Crippen molar-refractivity contribution in [3.8, 4) is 0 Å². The summed E-state index contributed by atoms with van der Waals surface area (Å²) in [7, 11) is 0. The number of amides is 1. The van der Waals surface area contributed by atoms with Crippen LogP contribution in [0.1, 0.15) is 64.1 Å². The van der Waals surface area contributed by atoms with E-state index < -0.39 is 0 Å². The van der Waals surface area contributed by atoms with Gasteiger partial charge in [-0.05, 0) is 12.8 Å². The third-order valence-electron chi connectivity index (χ3n) is 2.65. The van der Waals surface area contributed by atoms with Crippen LogP contribution >= 0.6 is 0 Å². The van der Waals surface area contributed by atoms with Gasteiger partial charge in [0.15, 0.2) is 5.82 Å². The molecule has 5 heteroatoms. The van der Waals surface area contributed by atoms with E-state index in [-0.39, 0.29) is 11.8 Å². The molecule has 1 aromatic heterocycles. The van der Waals surface area contributed by atoms with E-state index in [0.717, 1.165) is 25.1 Å². The van der Waals surface area contributed by atoms with Crippen LogP contribution in [-0.4, -0.2) is 22.6 Å². The van der Waals surface area contributed by atoms with Gasteiger partial charge in [-0.25, -0.2) is 0 Å². The fourth-order valence-corrected chi connectivity index (χ4v) is 1.50. The third-order valence-corrected chi connectivity index (χ3v) is 2.65. The van der Waals surface area contributed by atoms with Crippen LogP contribution in [0.25, 0.3) is 0 Å². The maximum atomic E-state index is 11.3. The molecule has 0 aliphatic carbocycles. The van der Waals surface area contributed by atoms with E-state index in [1.165, 1.54) is 0 Å². The molecule has 0 radical (unpaired) electrons. The van der Waals surface area contributed by atoms with Crippen LogP contribution in [0.4, 0.5) is 0 Å². The van der Waals surface area contributed by atoms with Gasteiger partial charge in [0.1, 0.15) is 0 Å². The van der Waals surface area contributed by atoms with Gasteiger partial charge in [0.2, 0.25) is 11.8 Å². The molecule has 0 fully saturated rings. The predicted molar refractivity (Wildman–Crippen MR) is 69.2 cm³/mol. The minimum Gasteiger partial charge on any atom is -0.356 e. The fourth-order valence-electron chi connectivity index (χ4n) is 1.50. The molecule has 0 saturated heterocycles. The molecule has 0 unspecified atom stereocenters. The van der Waals surface area contributed by atoms with E-state index in [2.05, 4.69) is 22.4 Å². The van der Waals surface area contributed by atoms with Crippen LogP contribution < -0.4 is 5.32 Å². The molecular weight excluding hydrogens is 230 g/mol. The quantitative estimate of drug-likeness (QED) is 0.722. The average Bonchev–Trinajstić information content (AvgIpc) is 2.81. The average molecular weight is 253 g/mol. The Hall–Kier alpha value is -1.39. The number of aryl methyl sites for hydroxylation is 1. The highest BCUT2D eigenvalue weighted by Gasteiger charge is 2.09. The first-order valence-corrected chi connectivity index (χ1v) is 6.72. The van der Waals surface area contributed by atoms with Gasteiger partial charge in [-0.15, -0.1) is 0 Å². The molecule has 102 valence electrons. The number of nitrogens with zero attached hydrogens (tertiary/aromatic N) is 2. The molecule has 1 aromatic rings. The molecular formula is C13H23N3O2. The van der Waals surface area contributed by atoms with E-state index in [4.69, 9.17) is 4.52 Å². The third kappa shape index (κ3) is 5.29. The summed E-state index contributed by atoms with van der Waals surface area (Å²) in [4.78, 5) is 15.6. The number of nitrogens with one attached hydrogen (secondary N) is 1. The summed E-state index contributed by atoms with van der Waals surface area (Å²) >= 11 is 0. The van der Waals surface area contributed by atoms with Crippen molar-refractivity contribution >= 4 is 5.91 Å². The maximum absolute atomic E-state index is 11.3. The molecule has 0 bridgehead atoms.